The highest BCUT2D eigenvalue weighted by atomic mass is 32.1. The van der Waals surface area contributed by atoms with Crippen LogP contribution >= 0.6 is 11.3 Å². The van der Waals surface area contributed by atoms with E-state index in [0.717, 1.165) is 24.0 Å². The molecule has 6 nitrogen and oxygen atoms in total. The van der Waals surface area contributed by atoms with Gasteiger partial charge in [-0.15, -0.1) is 0 Å². The van der Waals surface area contributed by atoms with Gasteiger partial charge in [0, 0.05) is 17.6 Å². The zero-order chi connectivity index (χ0) is 23.3. The summed E-state index contributed by atoms with van der Waals surface area (Å²) in [5, 5.41) is 17.3. The first-order valence-corrected chi connectivity index (χ1v) is 10.9. The first-order valence-electron chi connectivity index (χ1n) is 9.94. The first kappa shape index (κ1) is 24.0. The number of amides is 1. The Morgan fingerprint density at radius 2 is 1.84 bits per heavy atom. The Morgan fingerprint density at radius 3 is 2.41 bits per heavy atom. The second kappa shape index (κ2) is 10.3. The van der Waals surface area contributed by atoms with Crippen molar-refractivity contribution < 1.29 is 37.0 Å². The lowest BCUT2D eigenvalue weighted by Crippen LogP contribution is -2.39. The Balaban J connectivity index is 0.000000360. The van der Waals surface area contributed by atoms with Crippen LogP contribution in [0.4, 0.5) is 28.0 Å². The molecule has 32 heavy (non-hydrogen) atoms. The van der Waals surface area contributed by atoms with Gasteiger partial charge in [-0.2, -0.15) is 24.5 Å². The van der Waals surface area contributed by atoms with Gasteiger partial charge in [-0.3, -0.25) is 5.32 Å². The van der Waals surface area contributed by atoms with Crippen molar-refractivity contribution in [3.63, 3.8) is 0 Å². The number of aliphatic carboxylic acids is 1. The van der Waals surface area contributed by atoms with Gasteiger partial charge in [-0.05, 0) is 72.2 Å². The van der Waals surface area contributed by atoms with Gasteiger partial charge in [0.05, 0.1) is 12.3 Å². The predicted molar refractivity (Wildman–Crippen MR) is 111 cm³/mol. The third-order valence-electron chi connectivity index (χ3n) is 5.31. The van der Waals surface area contributed by atoms with E-state index < -0.39 is 18.2 Å². The summed E-state index contributed by atoms with van der Waals surface area (Å²) in [6.07, 6.45) is -1.04. The highest BCUT2D eigenvalue weighted by Crippen LogP contribution is 2.32. The van der Waals surface area contributed by atoms with Crippen LogP contribution in [-0.4, -0.2) is 42.0 Å². The maximum Gasteiger partial charge on any atom is 0.490 e. The Bertz CT molecular complexity index is 924. The van der Waals surface area contributed by atoms with E-state index in [1.165, 1.54) is 25.0 Å². The van der Waals surface area contributed by atoms with Crippen molar-refractivity contribution >= 4 is 29.1 Å². The molecule has 0 radical (unpaired) electrons. The summed E-state index contributed by atoms with van der Waals surface area (Å²) >= 11 is 1.56. The van der Waals surface area contributed by atoms with Crippen LogP contribution in [0.25, 0.3) is 11.1 Å². The van der Waals surface area contributed by atoms with Crippen LogP contribution < -0.4 is 10.6 Å². The first-order chi connectivity index (χ1) is 15.1. The minimum absolute atomic E-state index is 0.385. The topological polar surface area (TPSA) is 87.7 Å². The van der Waals surface area contributed by atoms with Crippen molar-refractivity contribution in [1.82, 2.24) is 5.32 Å². The summed E-state index contributed by atoms with van der Waals surface area (Å²) in [6, 6.07) is 7.50. The quantitative estimate of drug-likeness (QED) is 0.526. The molecule has 2 saturated heterocycles. The summed E-state index contributed by atoms with van der Waals surface area (Å²) in [5.74, 6) is -2.73. The van der Waals surface area contributed by atoms with Crippen molar-refractivity contribution in [3.8, 4) is 11.1 Å². The average molecular weight is 474 g/mol. The molecular formula is C21H22F4N2O4S. The number of hydrogen-bond acceptors (Lipinski definition) is 5. The lowest BCUT2D eigenvalue weighted by atomic mass is 9.93. The fourth-order valence-electron chi connectivity index (χ4n) is 3.94. The molecule has 2 aliphatic heterocycles. The summed E-state index contributed by atoms with van der Waals surface area (Å²) in [6.45, 7) is 0.420. The number of halogens is 4. The molecule has 1 amide bonds. The second-order valence-electron chi connectivity index (χ2n) is 7.70. The molecule has 0 aliphatic carbocycles. The Morgan fingerprint density at radius 1 is 1.19 bits per heavy atom. The van der Waals surface area contributed by atoms with Crippen LogP contribution in [0, 0.1) is 11.7 Å². The number of piperidine rings is 1. The number of benzene rings is 1. The molecule has 2 fully saturated rings. The van der Waals surface area contributed by atoms with Gasteiger partial charge in [-0.25, -0.2) is 14.0 Å². The lowest BCUT2D eigenvalue weighted by molar-refractivity contribution is -0.192. The van der Waals surface area contributed by atoms with E-state index in [1.54, 1.807) is 17.4 Å². The Hall–Kier alpha value is -2.66. The number of hydrogen-bond donors (Lipinski definition) is 3. The summed E-state index contributed by atoms with van der Waals surface area (Å²) in [7, 11) is 0. The zero-order valence-corrected chi connectivity index (χ0v) is 17.6. The zero-order valence-electron chi connectivity index (χ0n) is 16.8. The minimum Gasteiger partial charge on any atom is -0.475 e. The molecule has 174 valence electrons. The van der Waals surface area contributed by atoms with E-state index in [9.17, 15) is 22.4 Å². The molecule has 0 spiro atoms. The fourth-order valence-corrected chi connectivity index (χ4v) is 4.60. The van der Waals surface area contributed by atoms with E-state index in [-0.39, 0.29) is 5.82 Å². The monoisotopic (exact) mass is 474 g/mol. The van der Waals surface area contributed by atoms with Gasteiger partial charge < -0.3 is 15.2 Å². The number of nitrogens with one attached hydrogen (secondary N) is 2. The number of fused-ring (bicyclic) bond motifs is 2. The number of thiophene rings is 1. The normalized spacial score (nSPS) is 21.9. The predicted octanol–water partition coefficient (Wildman–Crippen LogP) is 5.27. The second-order valence-corrected chi connectivity index (χ2v) is 8.48. The number of carboxylic acid groups (broad SMARTS) is 1. The summed E-state index contributed by atoms with van der Waals surface area (Å²) < 4.78 is 50.8. The Labute approximate surface area is 185 Å². The lowest BCUT2D eigenvalue weighted by Gasteiger charge is -2.28. The van der Waals surface area contributed by atoms with Crippen LogP contribution in [0.1, 0.15) is 25.7 Å². The standard InChI is InChI=1S/C19H21FN2O2S.C2HF3O2/c20-14-1-4-17(13-5-6-25-11-13)18(9-14)22-19(23)24-10-12-7-15-2-3-16(8-12)21-15;3-2(4,5)1(6)7/h1,4-6,9,11-12,15-16,21H,2-3,7-8,10H2,(H,22,23);(H,6,7). The van der Waals surface area contributed by atoms with Crippen LogP contribution in [0.5, 0.6) is 0 Å². The van der Waals surface area contributed by atoms with Crippen LogP contribution in [0.3, 0.4) is 0 Å². The number of anilines is 1. The number of carboxylic acids is 1. The largest absolute Gasteiger partial charge is 0.490 e. The van der Waals surface area contributed by atoms with Crippen molar-refractivity contribution in [2.24, 2.45) is 5.92 Å². The molecule has 11 heteroatoms. The molecular weight excluding hydrogens is 452 g/mol. The highest BCUT2D eigenvalue weighted by Gasteiger charge is 2.38. The summed E-state index contributed by atoms with van der Waals surface area (Å²) in [5.41, 5.74) is 2.18. The Kier molecular flexibility index (Phi) is 7.73. The third-order valence-corrected chi connectivity index (χ3v) is 6.00. The molecule has 2 unspecified atom stereocenters. The van der Waals surface area contributed by atoms with Gasteiger partial charge in [-0.1, -0.05) is 0 Å². The van der Waals surface area contributed by atoms with E-state index in [0.29, 0.717) is 30.3 Å². The van der Waals surface area contributed by atoms with Crippen LogP contribution in [0.2, 0.25) is 0 Å². The molecule has 1 aromatic heterocycles. The number of carbonyl (C=O) groups excluding carboxylic acids is 1. The van der Waals surface area contributed by atoms with Gasteiger partial charge >= 0.3 is 18.2 Å². The van der Waals surface area contributed by atoms with E-state index in [4.69, 9.17) is 14.6 Å². The number of alkyl halides is 3. The fraction of sp³-hybridized carbons (Fsp3) is 0.429. The van der Waals surface area contributed by atoms with E-state index >= 15 is 0 Å². The molecule has 2 aromatic rings. The van der Waals surface area contributed by atoms with Crippen molar-refractivity contribution in [1.29, 1.82) is 0 Å². The maximum atomic E-state index is 13.6. The van der Waals surface area contributed by atoms with Crippen LogP contribution in [-0.2, 0) is 9.53 Å². The van der Waals surface area contributed by atoms with Crippen molar-refractivity contribution in [2.45, 2.75) is 43.9 Å². The number of ether oxygens (including phenoxy) is 1. The average Bonchev–Trinajstić information content (AvgIpc) is 3.36. The molecule has 2 bridgehead atoms. The van der Waals surface area contributed by atoms with Gasteiger partial charge in [0.25, 0.3) is 0 Å². The van der Waals surface area contributed by atoms with Crippen molar-refractivity contribution in [3.05, 3.63) is 40.8 Å². The summed E-state index contributed by atoms with van der Waals surface area (Å²) in [4.78, 5) is 21.1. The molecule has 2 atom stereocenters. The molecule has 3 heterocycles. The van der Waals surface area contributed by atoms with Gasteiger partial charge in [0.1, 0.15) is 5.82 Å². The number of carbonyl (C=O) groups is 2. The molecule has 4 rings (SSSR count). The number of rotatable bonds is 4. The molecule has 2 aliphatic rings. The minimum atomic E-state index is -5.08. The van der Waals surface area contributed by atoms with Gasteiger partial charge in [0.15, 0.2) is 0 Å². The highest BCUT2D eigenvalue weighted by molar-refractivity contribution is 7.08. The molecule has 3 N–H and O–H groups in total. The maximum absolute atomic E-state index is 13.6. The van der Waals surface area contributed by atoms with E-state index in [1.807, 2.05) is 16.8 Å². The van der Waals surface area contributed by atoms with E-state index in [2.05, 4.69) is 10.6 Å². The smallest absolute Gasteiger partial charge is 0.475 e. The molecule has 1 aromatic carbocycles. The van der Waals surface area contributed by atoms with Crippen molar-refractivity contribution in [2.75, 3.05) is 11.9 Å². The SMILES string of the molecule is O=C(Nc1cc(F)ccc1-c1ccsc1)OCC1CC2CCC(C1)N2.O=C(O)C(F)(F)F. The van der Waals surface area contributed by atoms with Gasteiger partial charge in [0.2, 0.25) is 0 Å². The third kappa shape index (κ3) is 6.67. The van der Waals surface area contributed by atoms with Crippen LogP contribution in [0.15, 0.2) is 35.0 Å². The molecule has 0 saturated carbocycles.